The van der Waals surface area contributed by atoms with Gasteiger partial charge in [0.1, 0.15) is 0 Å². The molecule has 2 nitrogen and oxygen atoms in total. The molecule has 0 atom stereocenters. The molecule has 0 aliphatic carbocycles. The largest absolute Gasteiger partial charge is 0.275 e. The number of hydrogen-bond acceptors (Lipinski definition) is 1. The first kappa shape index (κ1) is 8.53. The van der Waals surface area contributed by atoms with Gasteiger partial charge in [-0.1, -0.05) is 31.4 Å². The summed E-state index contributed by atoms with van der Waals surface area (Å²) in [7, 11) is 1.89. The minimum absolute atomic E-state index is 0.924. The molecule has 1 aromatic heterocycles. The van der Waals surface area contributed by atoms with E-state index in [1.807, 2.05) is 25.4 Å². The first-order valence-corrected chi connectivity index (χ1v) is 3.73. The highest BCUT2D eigenvalue weighted by atomic mass is 15.2. The topological polar surface area (TPSA) is 17.8 Å². The van der Waals surface area contributed by atoms with Crippen LogP contribution in [0.3, 0.4) is 0 Å². The molecule has 0 saturated carbocycles. The van der Waals surface area contributed by atoms with E-state index in [2.05, 4.69) is 18.3 Å². The smallest absolute Gasteiger partial charge is 0.0922 e. The fraction of sp³-hybridized carbons (Fsp3) is 0.100. The van der Waals surface area contributed by atoms with E-state index < -0.39 is 0 Å². The molecule has 0 bridgehead atoms. The maximum atomic E-state index is 4.23. The quantitative estimate of drug-likeness (QED) is 0.620. The SMILES string of the molecule is C=C/C=C(\C=C)c1ccn(C)n1. The van der Waals surface area contributed by atoms with Crippen LogP contribution in [-0.4, -0.2) is 9.78 Å². The summed E-state index contributed by atoms with van der Waals surface area (Å²) >= 11 is 0. The van der Waals surface area contributed by atoms with E-state index in [-0.39, 0.29) is 0 Å². The average molecular weight is 160 g/mol. The molecule has 0 aliphatic rings. The molecule has 0 amide bonds. The summed E-state index contributed by atoms with van der Waals surface area (Å²) in [6, 6.07) is 1.94. The van der Waals surface area contributed by atoms with Crippen molar-refractivity contribution in [3.8, 4) is 0 Å². The lowest BCUT2D eigenvalue weighted by atomic mass is 10.2. The van der Waals surface area contributed by atoms with Crippen molar-refractivity contribution in [3.63, 3.8) is 0 Å². The molecule has 0 N–H and O–H groups in total. The first-order valence-electron chi connectivity index (χ1n) is 3.73. The summed E-state index contributed by atoms with van der Waals surface area (Å²) in [5.41, 5.74) is 1.91. The average Bonchev–Trinajstić information content (AvgIpc) is 2.47. The van der Waals surface area contributed by atoms with Crippen molar-refractivity contribution in [2.24, 2.45) is 7.05 Å². The van der Waals surface area contributed by atoms with Crippen molar-refractivity contribution in [1.82, 2.24) is 9.78 Å². The minimum Gasteiger partial charge on any atom is -0.275 e. The molecular weight excluding hydrogens is 148 g/mol. The van der Waals surface area contributed by atoms with Gasteiger partial charge in [-0.05, 0) is 6.07 Å². The second-order valence-corrected chi connectivity index (χ2v) is 2.44. The second-order valence-electron chi connectivity index (χ2n) is 2.44. The Morgan fingerprint density at radius 1 is 1.58 bits per heavy atom. The Morgan fingerprint density at radius 2 is 2.33 bits per heavy atom. The number of nitrogens with zero attached hydrogens (tertiary/aromatic N) is 2. The predicted molar refractivity (Wildman–Crippen MR) is 51.6 cm³/mol. The van der Waals surface area contributed by atoms with Gasteiger partial charge in [0.2, 0.25) is 0 Å². The van der Waals surface area contributed by atoms with Crippen LogP contribution in [0.25, 0.3) is 5.57 Å². The monoisotopic (exact) mass is 160 g/mol. The highest BCUT2D eigenvalue weighted by Gasteiger charge is 1.98. The van der Waals surface area contributed by atoms with Crippen molar-refractivity contribution in [3.05, 3.63) is 49.3 Å². The van der Waals surface area contributed by atoms with Gasteiger partial charge in [0, 0.05) is 18.8 Å². The summed E-state index contributed by atoms with van der Waals surface area (Å²) in [4.78, 5) is 0. The van der Waals surface area contributed by atoms with Crippen molar-refractivity contribution in [2.45, 2.75) is 0 Å². The molecule has 62 valence electrons. The normalized spacial score (nSPS) is 11.2. The molecule has 0 spiro atoms. The standard InChI is InChI=1S/C10H12N2/c1-4-6-9(5-2)10-7-8-12(3)11-10/h4-8H,1-2H2,3H3/b9-6+. The van der Waals surface area contributed by atoms with Crippen LogP contribution in [0.1, 0.15) is 5.69 Å². The van der Waals surface area contributed by atoms with Crippen LogP contribution in [0.5, 0.6) is 0 Å². The highest BCUT2D eigenvalue weighted by Crippen LogP contribution is 2.11. The van der Waals surface area contributed by atoms with Crippen LogP contribution in [0, 0.1) is 0 Å². The third-order valence-corrected chi connectivity index (χ3v) is 1.53. The van der Waals surface area contributed by atoms with Crippen LogP contribution in [0.15, 0.2) is 43.6 Å². The van der Waals surface area contributed by atoms with E-state index in [9.17, 15) is 0 Å². The zero-order chi connectivity index (χ0) is 8.97. The van der Waals surface area contributed by atoms with E-state index >= 15 is 0 Å². The molecule has 0 unspecified atom stereocenters. The van der Waals surface area contributed by atoms with Crippen LogP contribution in [0.4, 0.5) is 0 Å². The van der Waals surface area contributed by atoms with Crippen molar-refractivity contribution in [1.29, 1.82) is 0 Å². The van der Waals surface area contributed by atoms with Gasteiger partial charge in [-0.2, -0.15) is 5.10 Å². The third kappa shape index (κ3) is 1.72. The summed E-state index contributed by atoms with van der Waals surface area (Å²) in [5.74, 6) is 0. The Bertz CT molecular complexity index is 318. The Labute approximate surface area is 72.5 Å². The van der Waals surface area contributed by atoms with Crippen LogP contribution in [0.2, 0.25) is 0 Å². The maximum Gasteiger partial charge on any atom is 0.0922 e. The number of aryl methyl sites for hydroxylation is 1. The van der Waals surface area contributed by atoms with Gasteiger partial charge in [-0.3, -0.25) is 4.68 Å². The Hall–Kier alpha value is -1.57. The van der Waals surface area contributed by atoms with Gasteiger partial charge in [0.15, 0.2) is 0 Å². The Morgan fingerprint density at radius 3 is 2.75 bits per heavy atom. The van der Waals surface area contributed by atoms with Gasteiger partial charge in [-0.15, -0.1) is 0 Å². The van der Waals surface area contributed by atoms with Gasteiger partial charge < -0.3 is 0 Å². The lowest BCUT2D eigenvalue weighted by molar-refractivity contribution is 0.763. The summed E-state index contributed by atoms with van der Waals surface area (Å²) < 4.78 is 1.76. The molecule has 0 aromatic carbocycles. The van der Waals surface area contributed by atoms with E-state index in [4.69, 9.17) is 0 Å². The lowest BCUT2D eigenvalue weighted by Gasteiger charge is -1.93. The zero-order valence-corrected chi connectivity index (χ0v) is 7.20. The van der Waals surface area contributed by atoms with Crippen molar-refractivity contribution in [2.75, 3.05) is 0 Å². The third-order valence-electron chi connectivity index (χ3n) is 1.53. The van der Waals surface area contributed by atoms with Gasteiger partial charge in [0.25, 0.3) is 0 Å². The van der Waals surface area contributed by atoms with Gasteiger partial charge >= 0.3 is 0 Å². The number of rotatable bonds is 3. The van der Waals surface area contributed by atoms with Gasteiger partial charge in [-0.25, -0.2) is 0 Å². The van der Waals surface area contributed by atoms with E-state index in [1.54, 1.807) is 16.8 Å². The van der Waals surface area contributed by atoms with Crippen LogP contribution >= 0.6 is 0 Å². The molecule has 1 heterocycles. The number of allylic oxidation sites excluding steroid dienone is 4. The maximum absolute atomic E-state index is 4.23. The lowest BCUT2D eigenvalue weighted by Crippen LogP contribution is -1.89. The molecule has 0 radical (unpaired) electrons. The fourth-order valence-electron chi connectivity index (χ4n) is 0.954. The number of aromatic nitrogens is 2. The van der Waals surface area contributed by atoms with E-state index in [1.165, 1.54) is 0 Å². The van der Waals surface area contributed by atoms with Crippen LogP contribution in [-0.2, 0) is 7.05 Å². The zero-order valence-electron chi connectivity index (χ0n) is 7.20. The molecule has 2 heteroatoms. The summed E-state index contributed by atoms with van der Waals surface area (Å²) in [6.07, 6.45) is 7.28. The molecule has 1 rings (SSSR count). The molecule has 1 aromatic rings. The van der Waals surface area contributed by atoms with Crippen molar-refractivity contribution >= 4 is 5.57 Å². The Kier molecular flexibility index (Phi) is 2.64. The van der Waals surface area contributed by atoms with E-state index in [0.717, 1.165) is 11.3 Å². The minimum atomic E-state index is 0.924. The molecule has 0 fully saturated rings. The first-order chi connectivity index (χ1) is 5.77. The summed E-state index contributed by atoms with van der Waals surface area (Å²) in [6.45, 7) is 7.32. The molecular formula is C10H12N2. The molecule has 12 heavy (non-hydrogen) atoms. The van der Waals surface area contributed by atoms with Gasteiger partial charge in [0.05, 0.1) is 5.69 Å². The predicted octanol–water partition coefficient (Wildman–Crippen LogP) is 2.18. The van der Waals surface area contributed by atoms with E-state index in [0.29, 0.717) is 0 Å². The second kappa shape index (κ2) is 3.72. The highest BCUT2D eigenvalue weighted by molar-refractivity contribution is 5.71. The Balaban J connectivity index is 3.02. The molecule has 0 aliphatic heterocycles. The number of hydrogen-bond donors (Lipinski definition) is 0. The van der Waals surface area contributed by atoms with Crippen molar-refractivity contribution < 1.29 is 0 Å². The molecule has 0 saturated heterocycles. The fourth-order valence-corrected chi connectivity index (χ4v) is 0.954. The van der Waals surface area contributed by atoms with Crippen LogP contribution < -0.4 is 0 Å². The summed E-state index contributed by atoms with van der Waals surface area (Å²) in [5, 5.41) is 4.23.